The maximum atomic E-state index is 5.85. The first kappa shape index (κ1) is 8.86. The molecule has 0 saturated heterocycles. The minimum absolute atomic E-state index is 0.543. The molecule has 0 amide bonds. The van der Waals surface area contributed by atoms with Gasteiger partial charge < -0.3 is 5.73 Å². The van der Waals surface area contributed by atoms with Crippen molar-refractivity contribution in [2.45, 2.75) is 32.1 Å². The van der Waals surface area contributed by atoms with Crippen molar-refractivity contribution in [1.82, 2.24) is 4.98 Å². The Hall–Kier alpha value is -0.410. The van der Waals surface area contributed by atoms with E-state index in [1.54, 1.807) is 0 Å². The third kappa shape index (κ3) is 0.920. The molecule has 3 unspecified atom stereocenters. The Morgan fingerprint density at radius 3 is 3.00 bits per heavy atom. The van der Waals surface area contributed by atoms with Crippen LogP contribution in [0.15, 0.2) is 5.51 Å². The van der Waals surface area contributed by atoms with E-state index >= 15 is 0 Å². The Labute approximate surface area is 88.5 Å². The van der Waals surface area contributed by atoms with Crippen molar-refractivity contribution in [3.8, 4) is 0 Å². The zero-order chi connectivity index (χ0) is 9.76. The molecule has 14 heavy (non-hydrogen) atoms. The minimum Gasteiger partial charge on any atom is -0.330 e. The van der Waals surface area contributed by atoms with E-state index < -0.39 is 0 Å². The maximum Gasteiger partial charge on any atom is 0.0797 e. The summed E-state index contributed by atoms with van der Waals surface area (Å²) in [6.45, 7) is 3.03. The van der Waals surface area contributed by atoms with Crippen LogP contribution in [0.3, 0.4) is 0 Å². The minimum atomic E-state index is 0.543. The average Bonchev–Trinajstić information content (AvgIpc) is 2.56. The first-order valence-corrected chi connectivity index (χ1v) is 6.25. The number of aryl methyl sites for hydroxylation is 1. The van der Waals surface area contributed by atoms with Gasteiger partial charge in [0.25, 0.3) is 0 Å². The van der Waals surface area contributed by atoms with Gasteiger partial charge in [-0.3, -0.25) is 0 Å². The zero-order valence-electron chi connectivity index (χ0n) is 8.49. The third-order valence-electron chi connectivity index (χ3n) is 4.38. The smallest absolute Gasteiger partial charge is 0.0797 e. The largest absolute Gasteiger partial charge is 0.330 e. The number of thiazole rings is 1. The van der Waals surface area contributed by atoms with Gasteiger partial charge in [0.2, 0.25) is 0 Å². The lowest BCUT2D eigenvalue weighted by Gasteiger charge is -2.63. The lowest BCUT2D eigenvalue weighted by molar-refractivity contribution is -0.0891. The van der Waals surface area contributed by atoms with Crippen LogP contribution in [0.1, 0.15) is 35.8 Å². The second kappa shape index (κ2) is 2.80. The van der Waals surface area contributed by atoms with Gasteiger partial charge in [-0.05, 0) is 50.0 Å². The van der Waals surface area contributed by atoms with Gasteiger partial charge in [0.1, 0.15) is 0 Å². The van der Waals surface area contributed by atoms with Crippen LogP contribution in [0.2, 0.25) is 0 Å². The number of hydrogen-bond donors (Lipinski definition) is 1. The van der Waals surface area contributed by atoms with E-state index in [1.165, 1.54) is 29.8 Å². The predicted molar refractivity (Wildman–Crippen MR) is 58.4 cm³/mol. The molecule has 3 rings (SSSR count). The highest BCUT2D eigenvalue weighted by Gasteiger charge is 2.59. The van der Waals surface area contributed by atoms with Gasteiger partial charge in [-0.1, -0.05) is 0 Å². The van der Waals surface area contributed by atoms with Crippen molar-refractivity contribution in [1.29, 1.82) is 0 Å². The lowest BCUT2D eigenvalue weighted by atomic mass is 9.42. The summed E-state index contributed by atoms with van der Waals surface area (Å²) < 4.78 is 0. The van der Waals surface area contributed by atoms with Crippen LogP contribution in [0.25, 0.3) is 0 Å². The first-order chi connectivity index (χ1) is 6.77. The number of nitrogens with zero attached hydrogens (tertiary/aromatic N) is 1. The molecule has 2 fully saturated rings. The molecule has 0 aliphatic heterocycles. The highest BCUT2D eigenvalue weighted by molar-refractivity contribution is 7.09. The second-order valence-corrected chi connectivity index (χ2v) is 5.71. The van der Waals surface area contributed by atoms with Crippen LogP contribution in [-0.4, -0.2) is 11.5 Å². The summed E-state index contributed by atoms with van der Waals surface area (Å²) in [4.78, 5) is 5.87. The molecule has 2 saturated carbocycles. The van der Waals surface area contributed by atoms with Crippen LogP contribution in [0.5, 0.6) is 0 Å². The van der Waals surface area contributed by atoms with Gasteiger partial charge in [-0.2, -0.15) is 0 Å². The first-order valence-electron chi connectivity index (χ1n) is 5.37. The molecule has 1 aromatic rings. The summed E-state index contributed by atoms with van der Waals surface area (Å²) in [5.41, 5.74) is 9.62. The normalized spacial score (nSPS) is 39.9. The molecular formula is C11H16N2S. The highest BCUT2D eigenvalue weighted by atomic mass is 32.1. The van der Waals surface area contributed by atoms with E-state index in [9.17, 15) is 0 Å². The molecule has 2 N–H and O–H groups in total. The molecule has 1 heterocycles. The number of aromatic nitrogens is 1. The molecule has 0 aromatic carbocycles. The van der Waals surface area contributed by atoms with E-state index in [4.69, 9.17) is 5.73 Å². The van der Waals surface area contributed by atoms with Gasteiger partial charge in [-0.15, -0.1) is 11.3 Å². The number of hydrogen-bond acceptors (Lipinski definition) is 3. The summed E-state index contributed by atoms with van der Waals surface area (Å²) >= 11 is 1.83. The molecule has 76 valence electrons. The quantitative estimate of drug-likeness (QED) is 0.810. The highest BCUT2D eigenvalue weighted by Crippen LogP contribution is 2.67. The van der Waals surface area contributed by atoms with Crippen molar-refractivity contribution in [2.24, 2.45) is 17.1 Å². The van der Waals surface area contributed by atoms with Crippen molar-refractivity contribution in [3.63, 3.8) is 0 Å². The molecule has 2 aliphatic carbocycles. The van der Waals surface area contributed by atoms with Crippen LogP contribution in [0.4, 0.5) is 0 Å². The standard InChI is InChI=1S/C11H16N2S/c1-7-10(14-6-13-7)8-4-11(5-12)3-2-9(8)11/h6,8-9H,2-5,12H2,1H3. The summed E-state index contributed by atoms with van der Waals surface area (Å²) in [5, 5.41) is 0. The van der Waals surface area contributed by atoms with E-state index in [2.05, 4.69) is 11.9 Å². The van der Waals surface area contributed by atoms with Gasteiger partial charge in [0.05, 0.1) is 11.2 Å². The molecule has 1 aromatic heterocycles. The molecular weight excluding hydrogens is 192 g/mol. The molecule has 2 nitrogen and oxygen atoms in total. The van der Waals surface area contributed by atoms with Crippen LogP contribution >= 0.6 is 11.3 Å². The molecule has 0 bridgehead atoms. The van der Waals surface area contributed by atoms with Crippen LogP contribution < -0.4 is 5.73 Å². The Balaban J connectivity index is 1.82. The predicted octanol–water partition coefficient (Wildman–Crippen LogP) is 2.29. The summed E-state index contributed by atoms with van der Waals surface area (Å²) in [7, 11) is 0. The van der Waals surface area contributed by atoms with Crippen LogP contribution in [-0.2, 0) is 0 Å². The van der Waals surface area contributed by atoms with Crippen molar-refractivity contribution in [2.75, 3.05) is 6.54 Å². The molecule has 3 atom stereocenters. The van der Waals surface area contributed by atoms with E-state index in [0.717, 1.165) is 18.4 Å². The van der Waals surface area contributed by atoms with Crippen molar-refractivity contribution < 1.29 is 0 Å². The third-order valence-corrected chi connectivity index (χ3v) is 5.44. The monoisotopic (exact) mass is 208 g/mol. The molecule has 0 radical (unpaired) electrons. The zero-order valence-corrected chi connectivity index (χ0v) is 9.31. The summed E-state index contributed by atoms with van der Waals surface area (Å²) in [6, 6.07) is 0. The van der Waals surface area contributed by atoms with Crippen molar-refractivity contribution in [3.05, 3.63) is 16.1 Å². The SMILES string of the molecule is Cc1ncsc1C1CC2(CN)CCC12. The summed E-state index contributed by atoms with van der Waals surface area (Å²) in [5.74, 6) is 1.67. The summed E-state index contributed by atoms with van der Waals surface area (Å²) in [6.07, 6.45) is 4.07. The second-order valence-electron chi connectivity index (χ2n) is 4.82. The average molecular weight is 208 g/mol. The fraction of sp³-hybridized carbons (Fsp3) is 0.727. The number of rotatable bonds is 2. The van der Waals surface area contributed by atoms with E-state index in [1.807, 2.05) is 16.8 Å². The number of nitrogens with two attached hydrogens (primary N) is 1. The fourth-order valence-electron chi connectivity index (χ4n) is 3.30. The Morgan fingerprint density at radius 1 is 1.71 bits per heavy atom. The molecule has 2 aliphatic rings. The van der Waals surface area contributed by atoms with Gasteiger partial charge in [0.15, 0.2) is 0 Å². The van der Waals surface area contributed by atoms with E-state index in [-0.39, 0.29) is 0 Å². The van der Waals surface area contributed by atoms with Gasteiger partial charge >= 0.3 is 0 Å². The molecule has 3 heteroatoms. The topological polar surface area (TPSA) is 38.9 Å². The Morgan fingerprint density at radius 2 is 2.57 bits per heavy atom. The van der Waals surface area contributed by atoms with Gasteiger partial charge in [-0.25, -0.2) is 4.98 Å². The van der Waals surface area contributed by atoms with Crippen LogP contribution in [0, 0.1) is 18.3 Å². The van der Waals surface area contributed by atoms with Crippen molar-refractivity contribution >= 4 is 11.3 Å². The Bertz CT molecular complexity index is 356. The molecule has 0 spiro atoms. The maximum absolute atomic E-state index is 5.85. The lowest BCUT2D eigenvalue weighted by Crippen LogP contribution is -2.57. The van der Waals surface area contributed by atoms with E-state index in [0.29, 0.717) is 5.41 Å². The Kier molecular flexibility index (Phi) is 1.77. The fourth-order valence-corrected chi connectivity index (χ4v) is 4.27. The number of fused-ring (bicyclic) bond motifs is 1. The van der Waals surface area contributed by atoms with Gasteiger partial charge in [0, 0.05) is 4.88 Å².